The average Bonchev–Trinajstić information content (AvgIpc) is 3.16. The third-order valence-corrected chi connectivity index (χ3v) is 6.52. The minimum Gasteiger partial charge on any atom is -0.497 e. The zero-order valence-electron chi connectivity index (χ0n) is 18.7. The van der Waals surface area contributed by atoms with Crippen LogP contribution < -0.4 is 10.1 Å². The zero-order chi connectivity index (χ0) is 22.8. The predicted molar refractivity (Wildman–Crippen MR) is 128 cm³/mol. The highest BCUT2D eigenvalue weighted by Gasteiger charge is 2.31. The highest BCUT2D eigenvalue weighted by Crippen LogP contribution is 2.39. The number of ether oxygens (including phenoxy) is 1. The molecule has 5 rings (SSSR count). The lowest BCUT2D eigenvalue weighted by atomic mass is 9.84. The number of aromatic nitrogens is 1. The Bertz CT molecular complexity index is 1310. The number of carbonyl (C=O) groups excluding carboxylic acids is 1. The number of hydrogen-bond donors (Lipinski definition) is 1. The maximum absolute atomic E-state index is 13.8. The molecule has 3 aromatic carbocycles. The van der Waals surface area contributed by atoms with Crippen LogP contribution in [0.1, 0.15) is 41.1 Å². The van der Waals surface area contributed by atoms with E-state index in [1.165, 1.54) is 11.8 Å². The van der Waals surface area contributed by atoms with Gasteiger partial charge in [-0.2, -0.15) is 0 Å². The topological polar surface area (TPSA) is 43.3 Å². The van der Waals surface area contributed by atoms with Gasteiger partial charge in [0, 0.05) is 29.7 Å². The van der Waals surface area contributed by atoms with Gasteiger partial charge >= 0.3 is 0 Å². The number of methoxy groups -OCH3 is 1. The van der Waals surface area contributed by atoms with E-state index < -0.39 is 0 Å². The quantitative estimate of drug-likeness (QED) is 0.424. The van der Waals surface area contributed by atoms with E-state index in [0.717, 1.165) is 52.6 Å². The summed E-state index contributed by atoms with van der Waals surface area (Å²) >= 11 is 0. The number of carbonyl (C=O) groups is 1. The van der Waals surface area contributed by atoms with E-state index in [-0.39, 0.29) is 17.6 Å². The van der Waals surface area contributed by atoms with E-state index in [1.807, 2.05) is 42.5 Å². The average molecular weight is 443 g/mol. The number of halogens is 1. The second kappa shape index (κ2) is 9.10. The Morgan fingerprint density at radius 1 is 1.06 bits per heavy atom. The van der Waals surface area contributed by atoms with Crippen LogP contribution in [-0.4, -0.2) is 17.6 Å². The SMILES string of the molecule is COc1cccc(CNC(=O)C2CCCc3c2c2ccccc2n3Cc2cccc(F)c2)c1. The summed E-state index contributed by atoms with van der Waals surface area (Å²) in [6, 6.07) is 22.7. The number of nitrogens with zero attached hydrogens (tertiary/aromatic N) is 1. The Balaban J connectivity index is 1.46. The van der Waals surface area contributed by atoms with Crippen molar-refractivity contribution in [3.8, 4) is 5.75 Å². The van der Waals surface area contributed by atoms with Crippen molar-refractivity contribution in [3.63, 3.8) is 0 Å². The smallest absolute Gasteiger partial charge is 0.227 e. The van der Waals surface area contributed by atoms with Crippen molar-refractivity contribution in [2.24, 2.45) is 0 Å². The molecule has 0 saturated carbocycles. The number of fused-ring (bicyclic) bond motifs is 3. The molecular weight excluding hydrogens is 415 g/mol. The second-order valence-electron chi connectivity index (χ2n) is 8.61. The normalized spacial score (nSPS) is 15.3. The lowest BCUT2D eigenvalue weighted by Gasteiger charge is -2.24. The Kier molecular flexibility index (Phi) is 5.86. The molecule has 0 spiro atoms. The Morgan fingerprint density at radius 2 is 1.88 bits per heavy atom. The van der Waals surface area contributed by atoms with Crippen LogP contribution in [0.3, 0.4) is 0 Å². The molecule has 1 unspecified atom stereocenters. The van der Waals surface area contributed by atoms with Crippen molar-refractivity contribution in [1.29, 1.82) is 0 Å². The van der Waals surface area contributed by atoms with E-state index in [1.54, 1.807) is 19.2 Å². The van der Waals surface area contributed by atoms with Gasteiger partial charge in [0.1, 0.15) is 11.6 Å². The minimum atomic E-state index is -0.229. The summed E-state index contributed by atoms with van der Waals surface area (Å²) in [5, 5.41) is 4.25. The Labute approximate surface area is 193 Å². The second-order valence-corrected chi connectivity index (χ2v) is 8.61. The molecule has 0 aliphatic heterocycles. The first-order valence-corrected chi connectivity index (χ1v) is 11.4. The zero-order valence-corrected chi connectivity index (χ0v) is 18.7. The van der Waals surface area contributed by atoms with E-state index in [2.05, 4.69) is 22.0 Å². The monoisotopic (exact) mass is 442 g/mol. The van der Waals surface area contributed by atoms with Crippen LogP contribution in [-0.2, 0) is 24.3 Å². The molecule has 0 radical (unpaired) electrons. The van der Waals surface area contributed by atoms with Gasteiger partial charge in [-0.05, 0) is 66.3 Å². The maximum atomic E-state index is 13.8. The highest BCUT2D eigenvalue weighted by atomic mass is 19.1. The van der Waals surface area contributed by atoms with E-state index in [0.29, 0.717) is 13.1 Å². The molecule has 1 N–H and O–H groups in total. The third kappa shape index (κ3) is 4.23. The molecule has 1 aliphatic rings. The summed E-state index contributed by atoms with van der Waals surface area (Å²) in [7, 11) is 1.64. The van der Waals surface area contributed by atoms with Crippen molar-refractivity contribution in [2.75, 3.05) is 7.11 Å². The molecule has 1 aromatic heterocycles. The molecule has 4 nitrogen and oxygen atoms in total. The van der Waals surface area contributed by atoms with Gasteiger partial charge in [0.25, 0.3) is 0 Å². The molecule has 0 saturated heterocycles. The van der Waals surface area contributed by atoms with Gasteiger partial charge in [0.15, 0.2) is 0 Å². The van der Waals surface area contributed by atoms with Gasteiger partial charge in [0.05, 0.1) is 13.0 Å². The van der Waals surface area contributed by atoms with Crippen LogP contribution in [0.15, 0.2) is 72.8 Å². The largest absolute Gasteiger partial charge is 0.497 e. The van der Waals surface area contributed by atoms with Crippen LogP contribution >= 0.6 is 0 Å². The summed E-state index contributed by atoms with van der Waals surface area (Å²) in [5.74, 6) is 0.403. The fourth-order valence-electron chi connectivity index (χ4n) is 5.01. The Morgan fingerprint density at radius 3 is 2.73 bits per heavy atom. The molecule has 1 heterocycles. The first kappa shape index (κ1) is 21.3. The van der Waals surface area contributed by atoms with Crippen molar-refractivity contribution in [2.45, 2.75) is 38.3 Å². The molecule has 1 atom stereocenters. The molecule has 0 bridgehead atoms. The maximum Gasteiger partial charge on any atom is 0.227 e. The van der Waals surface area contributed by atoms with Gasteiger partial charge in [0.2, 0.25) is 5.91 Å². The van der Waals surface area contributed by atoms with E-state index in [4.69, 9.17) is 4.74 Å². The number of nitrogens with one attached hydrogen (secondary N) is 1. The molecule has 33 heavy (non-hydrogen) atoms. The van der Waals surface area contributed by atoms with Crippen LogP contribution in [0.25, 0.3) is 10.9 Å². The van der Waals surface area contributed by atoms with E-state index >= 15 is 0 Å². The lowest BCUT2D eigenvalue weighted by Crippen LogP contribution is -2.31. The first-order valence-electron chi connectivity index (χ1n) is 11.4. The summed E-state index contributed by atoms with van der Waals surface area (Å²) < 4.78 is 21.4. The number of amides is 1. The van der Waals surface area contributed by atoms with Crippen molar-refractivity contribution < 1.29 is 13.9 Å². The standard InChI is InChI=1S/C28H27FN2O2/c1-33-22-10-5-7-19(16-22)17-30-28(32)24-12-6-14-26-27(24)23-11-2-3-13-25(23)31(26)18-20-8-4-9-21(29)15-20/h2-5,7-11,13,15-16,24H,6,12,14,17-18H2,1H3,(H,30,32). The van der Waals surface area contributed by atoms with Crippen LogP contribution in [0.5, 0.6) is 5.75 Å². The van der Waals surface area contributed by atoms with Crippen LogP contribution in [0.4, 0.5) is 4.39 Å². The summed E-state index contributed by atoms with van der Waals surface area (Å²) in [4.78, 5) is 13.3. The first-order chi connectivity index (χ1) is 16.1. The predicted octanol–water partition coefficient (Wildman–Crippen LogP) is 5.57. The van der Waals surface area contributed by atoms with Crippen molar-refractivity contribution >= 4 is 16.8 Å². The molecule has 4 aromatic rings. The van der Waals surface area contributed by atoms with Crippen molar-refractivity contribution in [3.05, 3.63) is 101 Å². The number of hydrogen-bond acceptors (Lipinski definition) is 2. The van der Waals surface area contributed by atoms with Crippen molar-refractivity contribution in [1.82, 2.24) is 9.88 Å². The molecule has 0 fully saturated rings. The minimum absolute atomic E-state index is 0.0485. The number of para-hydroxylation sites is 1. The lowest BCUT2D eigenvalue weighted by molar-refractivity contribution is -0.123. The number of benzene rings is 3. The van der Waals surface area contributed by atoms with Crippen LogP contribution in [0, 0.1) is 5.82 Å². The molecule has 1 aliphatic carbocycles. The van der Waals surface area contributed by atoms with Gasteiger partial charge in [-0.25, -0.2) is 4.39 Å². The van der Waals surface area contributed by atoms with Gasteiger partial charge in [-0.1, -0.05) is 42.5 Å². The van der Waals surface area contributed by atoms with Gasteiger partial charge < -0.3 is 14.6 Å². The van der Waals surface area contributed by atoms with Gasteiger partial charge in [-0.3, -0.25) is 4.79 Å². The summed E-state index contributed by atoms with van der Waals surface area (Å²) in [6.45, 7) is 1.05. The highest BCUT2D eigenvalue weighted by molar-refractivity contribution is 5.94. The fraction of sp³-hybridized carbons (Fsp3) is 0.250. The molecular formula is C28H27FN2O2. The third-order valence-electron chi connectivity index (χ3n) is 6.52. The number of rotatable bonds is 6. The fourth-order valence-corrected chi connectivity index (χ4v) is 5.01. The Hall–Kier alpha value is -3.60. The summed E-state index contributed by atoms with van der Waals surface area (Å²) in [6.07, 6.45) is 2.69. The summed E-state index contributed by atoms with van der Waals surface area (Å²) in [5.41, 5.74) is 5.33. The molecule has 1 amide bonds. The molecule has 168 valence electrons. The van der Waals surface area contributed by atoms with Gasteiger partial charge in [-0.15, -0.1) is 0 Å². The van der Waals surface area contributed by atoms with Crippen LogP contribution in [0.2, 0.25) is 0 Å². The van der Waals surface area contributed by atoms with E-state index in [9.17, 15) is 9.18 Å². The molecule has 5 heteroatoms.